The number of nitrogens with zero attached hydrogens (tertiary/aromatic N) is 2. The normalized spacial score (nSPS) is 28.9. The first-order valence-corrected chi connectivity index (χ1v) is 7.17. The number of imidazole rings is 1. The molecule has 3 rings (SSSR count). The zero-order valence-electron chi connectivity index (χ0n) is 11.2. The first-order valence-electron chi connectivity index (χ1n) is 7.17. The van der Waals surface area contributed by atoms with Crippen molar-refractivity contribution in [1.29, 1.82) is 0 Å². The maximum absolute atomic E-state index is 5.86. The summed E-state index contributed by atoms with van der Waals surface area (Å²) in [6.45, 7) is 4.01. The van der Waals surface area contributed by atoms with Crippen molar-refractivity contribution in [3.8, 4) is 0 Å². The zero-order chi connectivity index (χ0) is 12.4. The summed E-state index contributed by atoms with van der Waals surface area (Å²) in [4.78, 5) is 4.45. The monoisotopic (exact) mass is 249 g/mol. The maximum Gasteiger partial charge on any atom is 0.203 e. The lowest BCUT2D eigenvalue weighted by molar-refractivity contribution is 0.00662. The van der Waals surface area contributed by atoms with E-state index < -0.39 is 0 Å². The van der Waals surface area contributed by atoms with Crippen molar-refractivity contribution in [2.24, 2.45) is 0 Å². The van der Waals surface area contributed by atoms with E-state index in [-0.39, 0.29) is 5.60 Å². The molecule has 1 aromatic heterocycles. The van der Waals surface area contributed by atoms with Gasteiger partial charge in [0.2, 0.25) is 5.95 Å². The van der Waals surface area contributed by atoms with Crippen LogP contribution in [-0.2, 0) is 11.3 Å². The zero-order valence-corrected chi connectivity index (χ0v) is 11.2. The standard InChI is InChI=1S/C14H23N3O/c1-14(7-4-10-18-14)11-17-9-8-15-13(17)16-12-5-2-3-6-12/h8-9,12H,2-7,10-11H2,1H3,(H,15,16). The lowest BCUT2D eigenvalue weighted by atomic mass is 10.0. The molecular formula is C14H23N3O. The fourth-order valence-electron chi connectivity index (χ4n) is 3.15. The first kappa shape index (κ1) is 12.0. The number of aromatic nitrogens is 2. The SMILES string of the molecule is CC1(Cn2ccnc2NC2CCCC2)CCCO1. The minimum absolute atomic E-state index is 0.00714. The molecule has 0 radical (unpaired) electrons. The van der Waals surface area contributed by atoms with E-state index in [9.17, 15) is 0 Å². The molecule has 18 heavy (non-hydrogen) atoms. The largest absolute Gasteiger partial charge is 0.373 e. The Kier molecular flexibility index (Phi) is 3.29. The Balaban J connectivity index is 1.66. The van der Waals surface area contributed by atoms with Crippen molar-refractivity contribution >= 4 is 5.95 Å². The molecule has 1 atom stereocenters. The van der Waals surface area contributed by atoms with E-state index in [2.05, 4.69) is 28.0 Å². The summed E-state index contributed by atoms with van der Waals surface area (Å²) in [5, 5.41) is 3.58. The van der Waals surface area contributed by atoms with E-state index in [1.165, 1.54) is 32.1 Å². The molecule has 0 amide bonds. The van der Waals surface area contributed by atoms with Crippen molar-refractivity contribution in [3.05, 3.63) is 12.4 Å². The summed E-state index contributed by atoms with van der Waals surface area (Å²) in [7, 11) is 0. The average molecular weight is 249 g/mol. The Labute approximate surface area is 109 Å². The average Bonchev–Trinajstić information content (AvgIpc) is 3.04. The number of rotatable bonds is 4. The molecule has 2 fully saturated rings. The summed E-state index contributed by atoms with van der Waals surface area (Å²) in [5.74, 6) is 1.01. The molecule has 1 aliphatic carbocycles. The van der Waals surface area contributed by atoms with Gasteiger partial charge in [-0.15, -0.1) is 0 Å². The second-order valence-corrected chi connectivity index (χ2v) is 5.91. The van der Waals surface area contributed by atoms with E-state index in [0.29, 0.717) is 6.04 Å². The van der Waals surface area contributed by atoms with Gasteiger partial charge in [0.25, 0.3) is 0 Å². The molecule has 1 aliphatic heterocycles. The summed E-state index contributed by atoms with van der Waals surface area (Å²) in [6.07, 6.45) is 11.5. The fraction of sp³-hybridized carbons (Fsp3) is 0.786. The molecule has 4 nitrogen and oxygen atoms in total. The van der Waals surface area contributed by atoms with Gasteiger partial charge in [-0.25, -0.2) is 4.98 Å². The Morgan fingerprint density at radius 2 is 2.28 bits per heavy atom. The third kappa shape index (κ3) is 2.53. The summed E-state index contributed by atoms with van der Waals surface area (Å²) < 4.78 is 8.07. The van der Waals surface area contributed by atoms with Gasteiger partial charge in [-0.05, 0) is 32.6 Å². The molecule has 100 valence electrons. The van der Waals surface area contributed by atoms with Gasteiger partial charge in [0.15, 0.2) is 0 Å². The van der Waals surface area contributed by atoms with Crippen molar-refractivity contribution in [3.63, 3.8) is 0 Å². The highest BCUT2D eigenvalue weighted by Gasteiger charge is 2.31. The fourth-order valence-corrected chi connectivity index (χ4v) is 3.15. The number of nitrogens with one attached hydrogen (secondary N) is 1. The van der Waals surface area contributed by atoms with Crippen molar-refractivity contribution < 1.29 is 4.74 Å². The molecule has 0 spiro atoms. The number of ether oxygens (including phenoxy) is 1. The van der Waals surface area contributed by atoms with Gasteiger partial charge < -0.3 is 14.6 Å². The predicted molar refractivity (Wildman–Crippen MR) is 71.7 cm³/mol. The Hall–Kier alpha value is -1.03. The van der Waals surface area contributed by atoms with Gasteiger partial charge in [-0.2, -0.15) is 0 Å². The van der Waals surface area contributed by atoms with Gasteiger partial charge in [-0.3, -0.25) is 0 Å². The molecule has 4 heteroatoms. The highest BCUT2D eigenvalue weighted by atomic mass is 16.5. The Bertz CT molecular complexity index is 389. The third-order valence-electron chi connectivity index (χ3n) is 4.21. The van der Waals surface area contributed by atoms with E-state index in [0.717, 1.165) is 25.5 Å². The smallest absolute Gasteiger partial charge is 0.203 e. The Morgan fingerprint density at radius 3 is 3.00 bits per heavy atom. The van der Waals surface area contributed by atoms with E-state index >= 15 is 0 Å². The summed E-state index contributed by atoms with van der Waals surface area (Å²) in [6, 6.07) is 0.614. The molecule has 1 N–H and O–H groups in total. The molecule has 0 aromatic carbocycles. The second-order valence-electron chi connectivity index (χ2n) is 5.91. The Morgan fingerprint density at radius 1 is 1.44 bits per heavy atom. The lowest BCUT2D eigenvalue weighted by Gasteiger charge is -2.25. The van der Waals surface area contributed by atoms with Crippen molar-refractivity contribution in [2.45, 2.75) is 63.6 Å². The van der Waals surface area contributed by atoms with Crippen LogP contribution in [-0.4, -0.2) is 27.8 Å². The maximum atomic E-state index is 5.86. The predicted octanol–water partition coefficient (Wildman–Crippen LogP) is 2.81. The molecule has 1 unspecified atom stereocenters. The molecule has 1 saturated carbocycles. The van der Waals surface area contributed by atoms with Crippen LogP contribution >= 0.6 is 0 Å². The highest BCUT2D eigenvalue weighted by molar-refractivity contribution is 5.28. The van der Waals surface area contributed by atoms with E-state index in [1.54, 1.807) is 0 Å². The topological polar surface area (TPSA) is 39.1 Å². The quantitative estimate of drug-likeness (QED) is 0.892. The summed E-state index contributed by atoms with van der Waals surface area (Å²) in [5.41, 5.74) is -0.00714. The molecule has 1 saturated heterocycles. The number of hydrogen-bond acceptors (Lipinski definition) is 3. The minimum atomic E-state index is -0.00714. The second kappa shape index (κ2) is 4.92. The van der Waals surface area contributed by atoms with Crippen molar-refractivity contribution in [1.82, 2.24) is 9.55 Å². The van der Waals surface area contributed by atoms with Crippen LogP contribution in [0.2, 0.25) is 0 Å². The van der Waals surface area contributed by atoms with Crippen molar-refractivity contribution in [2.75, 3.05) is 11.9 Å². The highest BCUT2D eigenvalue weighted by Crippen LogP contribution is 2.28. The van der Waals surface area contributed by atoms with Crippen LogP contribution < -0.4 is 5.32 Å². The first-order chi connectivity index (χ1) is 8.75. The van der Waals surface area contributed by atoms with Gasteiger partial charge in [0.1, 0.15) is 0 Å². The molecule has 2 heterocycles. The van der Waals surface area contributed by atoms with Gasteiger partial charge in [0, 0.05) is 25.0 Å². The van der Waals surface area contributed by atoms with Crippen LogP contribution in [0.4, 0.5) is 5.95 Å². The van der Waals surface area contributed by atoms with Crippen LogP contribution in [0, 0.1) is 0 Å². The summed E-state index contributed by atoms with van der Waals surface area (Å²) >= 11 is 0. The molecule has 2 aliphatic rings. The van der Waals surface area contributed by atoms with Gasteiger partial charge >= 0.3 is 0 Å². The van der Waals surface area contributed by atoms with Crippen LogP contribution in [0.1, 0.15) is 45.4 Å². The minimum Gasteiger partial charge on any atom is -0.373 e. The number of anilines is 1. The van der Waals surface area contributed by atoms with E-state index in [1.807, 2.05) is 6.20 Å². The van der Waals surface area contributed by atoms with Crippen LogP contribution in [0.25, 0.3) is 0 Å². The molecular weight excluding hydrogens is 226 g/mol. The van der Waals surface area contributed by atoms with Crippen LogP contribution in [0.15, 0.2) is 12.4 Å². The van der Waals surface area contributed by atoms with Crippen LogP contribution in [0.5, 0.6) is 0 Å². The van der Waals surface area contributed by atoms with E-state index in [4.69, 9.17) is 4.74 Å². The van der Waals surface area contributed by atoms with Gasteiger partial charge in [-0.1, -0.05) is 12.8 Å². The number of hydrogen-bond donors (Lipinski definition) is 1. The lowest BCUT2D eigenvalue weighted by Crippen LogP contribution is -2.30. The van der Waals surface area contributed by atoms with Gasteiger partial charge in [0.05, 0.1) is 12.1 Å². The third-order valence-corrected chi connectivity index (χ3v) is 4.21. The molecule has 0 bridgehead atoms. The van der Waals surface area contributed by atoms with Crippen LogP contribution in [0.3, 0.4) is 0 Å². The molecule has 1 aromatic rings.